The normalized spacial score (nSPS) is 10.2. The Morgan fingerprint density at radius 1 is 1.04 bits per heavy atom. The molecular formula is C19H20Cl2N2O4. The van der Waals surface area contributed by atoms with E-state index in [0.717, 1.165) is 5.75 Å². The third-order valence-corrected chi connectivity index (χ3v) is 4.50. The Morgan fingerprint density at radius 2 is 1.70 bits per heavy atom. The number of nitrogens with one attached hydrogen (secondary N) is 1. The molecule has 0 fully saturated rings. The Bertz CT molecular complexity index is 797. The lowest BCUT2D eigenvalue weighted by molar-refractivity contribution is -0.129. The maximum atomic E-state index is 12.1. The van der Waals surface area contributed by atoms with E-state index in [-0.39, 0.29) is 17.5 Å². The summed E-state index contributed by atoms with van der Waals surface area (Å²) in [4.78, 5) is 25.7. The summed E-state index contributed by atoms with van der Waals surface area (Å²) in [5, 5.41) is 3.20. The molecule has 0 aliphatic rings. The summed E-state index contributed by atoms with van der Waals surface area (Å²) >= 11 is 11.7. The lowest BCUT2D eigenvalue weighted by atomic mass is 10.2. The van der Waals surface area contributed by atoms with Crippen LogP contribution >= 0.6 is 23.2 Å². The van der Waals surface area contributed by atoms with Gasteiger partial charge in [-0.1, -0.05) is 23.2 Å². The van der Waals surface area contributed by atoms with Crippen LogP contribution in [0.5, 0.6) is 11.5 Å². The Kier molecular flexibility index (Phi) is 7.76. The first kappa shape index (κ1) is 20.9. The number of hydrogen-bond donors (Lipinski definition) is 1. The minimum atomic E-state index is -0.398. The summed E-state index contributed by atoms with van der Waals surface area (Å²) in [7, 11) is 3.24. The summed E-state index contributed by atoms with van der Waals surface area (Å²) in [5.41, 5.74) is 0.336. The topological polar surface area (TPSA) is 67.9 Å². The van der Waals surface area contributed by atoms with Gasteiger partial charge in [0.1, 0.15) is 18.1 Å². The zero-order chi connectivity index (χ0) is 19.8. The van der Waals surface area contributed by atoms with Crippen molar-refractivity contribution in [2.24, 2.45) is 0 Å². The third-order valence-electron chi connectivity index (χ3n) is 3.76. The number of carbonyl (C=O) groups excluding carboxylic acids is 2. The molecule has 0 saturated heterocycles. The SMILES string of the molecule is COc1ccc(OCCN(C)C(=O)CNC(=O)c2ccc(Cl)c(Cl)c2)cc1. The number of nitrogens with zero attached hydrogens (tertiary/aromatic N) is 1. The molecule has 0 saturated carbocycles. The molecule has 2 aromatic carbocycles. The van der Waals surface area contributed by atoms with E-state index in [2.05, 4.69) is 5.32 Å². The molecule has 0 aromatic heterocycles. The van der Waals surface area contributed by atoms with Gasteiger partial charge in [0.05, 0.1) is 30.2 Å². The second kappa shape index (κ2) is 10.0. The van der Waals surface area contributed by atoms with Crippen LogP contribution in [0.25, 0.3) is 0 Å². The van der Waals surface area contributed by atoms with E-state index in [9.17, 15) is 9.59 Å². The molecule has 1 N–H and O–H groups in total. The summed E-state index contributed by atoms with van der Waals surface area (Å²) in [6, 6.07) is 11.7. The number of hydrogen-bond acceptors (Lipinski definition) is 4. The number of carbonyl (C=O) groups is 2. The van der Waals surface area contributed by atoms with E-state index in [4.69, 9.17) is 32.7 Å². The number of amides is 2. The number of ether oxygens (including phenoxy) is 2. The molecule has 8 heteroatoms. The van der Waals surface area contributed by atoms with Gasteiger partial charge in [-0.3, -0.25) is 9.59 Å². The number of likely N-dealkylation sites (N-methyl/N-ethyl adjacent to an activating group) is 1. The number of halogens is 2. The molecule has 0 atom stereocenters. The van der Waals surface area contributed by atoms with Gasteiger partial charge in [-0.05, 0) is 42.5 Å². The van der Waals surface area contributed by atoms with Crippen molar-refractivity contribution in [3.05, 3.63) is 58.1 Å². The molecule has 0 aliphatic heterocycles. The first-order valence-electron chi connectivity index (χ1n) is 8.14. The number of rotatable bonds is 8. The van der Waals surface area contributed by atoms with Crippen LogP contribution in [0.4, 0.5) is 0 Å². The van der Waals surface area contributed by atoms with E-state index < -0.39 is 5.91 Å². The first-order chi connectivity index (χ1) is 12.9. The van der Waals surface area contributed by atoms with E-state index in [1.807, 2.05) is 0 Å². The highest BCUT2D eigenvalue weighted by Gasteiger charge is 2.13. The Balaban J connectivity index is 1.74. The predicted octanol–water partition coefficient (Wildman–Crippen LogP) is 3.27. The highest BCUT2D eigenvalue weighted by Crippen LogP contribution is 2.22. The molecule has 2 aromatic rings. The van der Waals surface area contributed by atoms with Crippen molar-refractivity contribution in [2.45, 2.75) is 0 Å². The minimum absolute atomic E-state index is 0.127. The minimum Gasteiger partial charge on any atom is -0.497 e. The molecule has 2 rings (SSSR count). The van der Waals surface area contributed by atoms with Crippen LogP contribution in [-0.2, 0) is 4.79 Å². The van der Waals surface area contributed by atoms with Crippen molar-refractivity contribution < 1.29 is 19.1 Å². The molecule has 27 heavy (non-hydrogen) atoms. The van der Waals surface area contributed by atoms with Gasteiger partial charge in [-0.2, -0.15) is 0 Å². The quantitative estimate of drug-likeness (QED) is 0.724. The molecule has 0 radical (unpaired) electrons. The van der Waals surface area contributed by atoms with Gasteiger partial charge in [0.15, 0.2) is 0 Å². The summed E-state index contributed by atoms with van der Waals surface area (Å²) in [6.45, 7) is 0.584. The van der Waals surface area contributed by atoms with Gasteiger partial charge in [-0.25, -0.2) is 0 Å². The zero-order valence-corrected chi connectivity index (χ0v) is 16.5. The van der Waals surface area contributed by atoms with Crippen LogP contribution in [0.3, 0.4) is 0 Å². The Labute approximate surface area is 168 Å². The molecule has 0 heterocycles. The molecule has 6 nitrogen and oxygen atoms in total. The summed E-state index contributed by atoms with van der Waals surface area (Å²) in [5.74, 6) is 0.795. The average molecular weight is 411 g/mol. The Hall–Kier alpha value is -2.44. The lowest BCUT2D eigenvalue weighted by Gasteiger charge is -2.18. The maximum absolute atomic E-state index is 12.1. The average Bonchev–Trinajstić information content (AvgIpc) is 2.68. The summed E-state index contributed by atoms with van der Waals surface area (Å²) < 4.78 is 10.7. The maximum Gasteiger partial charge on any atom is 0.251 e. The van der Waals surface area contributed by atoms with Crippen LogP contribution in [0.15, 0.2) is 42.5 Å². The smallest absolute Gasteiger partial charge is 0.251 e. The zero-order valence-electron chi connectivity index (χ0n) is 15.0. The largest absolute Gasteiger partial charge is 0.497 e. The van der Waals surface area contributed by atoms with Crippen LogP contribution in [-0.4, -0.2) is 50.6 Å². The van der Waals surface area contributed by atoms with Gasteiger partial charge in [0.25, 0.3) is 5.91 Å². The van der Waals surface area contributed by atoms with Crippen molar-refractivity contribution in [1.82, 2.24) is 10.2 Å². The second-order valence-electron chi connectivity index (χ2n) is 5.65. The van der Waals surface area contributed by atoms with Crippen LogP contribution in [0, 0.1) is 0 Å². The lowest BCUT2D eigenvalue weighted by Crippen LogP contribution is -2.39. The van der Waals surface area contributed by atoms with E-state index >= 15 is 0 Å². The van der Waals surface area contributed by atoms with Crippen molar-refractivity contribution >= 4 is 35.0 Å². The van der Waals surface area contributed by atoms with Crippen molar-refractivity contribution in [3.8, 4) is 11.5 Å². The van der Waals surface area contributed by atoms with Crippen LogP contribution in [0.2, 0.25) is 10.0 Å². The van der Waals surface area contributed by atoms with Gasteiger partial charge in [-0.15, -0.1) is 0 Å². The van der Waals surface area contributed by atoms with E-state index in [1.54, 1.807) is 44.5 Å². The van der Waals surface area contributed by atoms with E-state index in [1.165, 1.54) is 17.0 Å². The van der Waals surface area contributed by atoms with Crippen LogP contribution < -0.4 is 14.8 Å². The number of methoxy groups -OCH3 is 1. The molecular weight excluding hydrogens is 391 g/mol. The predicted molar refractivity (Wildman–Crippen MR) is 105 cm³/mol. The molecule has 0 aliphatic carbocycles. The Morgan fingerprint density at radius 3 is 2.33 bits per heavy atom. The van der Waals surface area contributed by atoms with Crippen LogP contribution in [0.1, 0.15) is 10.4 Å². The molecule has 0 spiro atoms. The molecule has 0 bridgehead atoms. The summed E-state index contributed by atoms with van der Waals surface area (Å²) in [6.07, 6.45) is 0. The first-order valence-corrected chi connectivity index (χ1v) is 8.90. The molecule has 2 amide bonds. The third kappa shape index (κ3) is 6.34. The van der Waals surface area contributed by atoms with E-state index in [0.29, 0.717) is 29.5 Å². The fourth-order valence-corrected chi connectivity index (χ4v) is 2.43. The second-order valence-corrected chi connectivity index (χ2v) is 6.47. The fourth-order valence-electron chi connectivity index (χ4n) is 2.13. The highest BCUT2D eigenvalue weighted by atomic mass is 35.5. The van der Waals surface area contributed by atoms with Crippen molar-refractivity contribution in [1.29, 1.82) is 0 Å². The number of benzene rings is 2. The van der Waals surface area contributed by atoms with Gasteiger partial charge in [0, 0.05) is 12.6 Å². The van der Waals surface area contributed by atoms with Gasteiger partial charge in [0.2, 0.25) is 5.91 Å². The standard InChI is InChI=1S/C19H20Cl2N2O4/c1-23(9-10-27-15-6-4-14(26-2)5-7-15)18(24)12-22-19(25)13-3-8-16(20)17(21)11-13/h3-8,11H,9-10,12H2,1-2H3,(H,22,25). The fraction of sp³-hybridized carbons (Fsp3) is 0.263. The molecule has 144 valence electrons. The molecule has 0 unspecified atom stereocenters. The van der Waals surface area contributed by atoms with Gasteiger partial charge >= 0.3 is 0 Å². The van der Waals surface area contributed by atoms with Crippen molar-refractivity contribution in [2.75, 3.05) is 33.9 Å². The van der Waals surface area contributed by atoms with Crippen molar-refractivity contribution in [3.63, 3.8) is 0 Å². The van der Waals surface area contributed by atoms with Gasteiger partial charge < -0.3 is 19.7 Å². The highest BCUT2D eigenvalue weighted by molar-refractivity contribution is 6.42. The monoisotopic (exact) mass is 410 g/mol.